The fraction of sp³-hybridized carbons (Fsp3) is 0.417. The summed E-state index contributed by atoms with van der Waals surface area (Å²) >= 11 is 0. The number of carbonyl (C=O) groups excluding carboxylic acids is 2. The summed E-state index contributed by atoms with van der Waals surface area (Å²) in [5.74, 6) is 1.37. The number of likely N-dealkylation sites (N-methyl/N-ethyl adjacent to an activating group) is 1. The molecule has 31 heavy (non-hydrogen) atoms. The lowest BCUT2D eigenvalue weighted by molar-refractivity contribution is -0.128. The van der Waals surface area contributed by atoms with Gasteiger partial charge in [0.15, 0.2) is 5.75 Å². The predicted octanol–water partition coefficient (Wildman–Crippen LogP) is 4.36. The second-order valence-electron chi connectivity index (χ2n) is 8.64. The molecule has 1 atom stereocenters. The van der Waals surface area contributed by atoms with E-state index in [-0.39, 0.29) is 24.6 Å². The summed E-state index contributed by atoms with van der Waals surface area (Å²) in [6.07, 6.45) is 0.367. The monoisotopic (exact) mass is 425 g/mol. The molecule has 2 aromatic rings. The van der Waals surface area contributed by atoms with Crippen molar-refractivity contribution in [3.05, 3.63) is 54.6 Å². The molecule has 7 nitrogen and oxygen atoms in total. The van der Waals surface area contributed by atoms with E-state index in [1.165, 1.54) is 0 Å². The zero-order valence-corrected chi connectivity index (χ0v) is 18.6. The summed E-state index contributed by atoms with van der Waals surface area (Å²) in [5.41, 5.74) is 0.208. The van der Waals surface area contributed by atoms with Crippen molar-refractivity contribution >= 4 is 17.7 Å². The molecule has 0 aliphatic carbocycles. The van der Waals surface area contributed by atoms with Crippen LogP contribution in [-0.4, -0.2) is 60.1 Å². The predicted molar refractivity (Wildman–Crippen MR) is 120 cm³/mol. The van der Waals surface area contributed by atoms with Gasteiger partial charge in [0.1, 0.15) is 11.4 Å². The van der Waals surface area contributed by atoms with E-state index in [0.29, 0.717) is 18.8 Å². The van der Waals surface area contributed by atoms with Gasteiger partial charge >= 0.3 is 6.09 Å². The number of nitrogens with one attached hydrogen (secondary N) is 1. The van der Waals surface area contributed by atoms with Crippen molar-refractivity contribution in [1.82, 2.24) is 9.80 Å². The van der Waals surface area contributed by atoms with E-state index in [9.17, 15) is 9.59 Å². The van der Waals surface area contributed by atoms with E-state index in [0.717, 1.165) is 17.9 Å². The van der Waals surface area contributed by atoms with Gasteiger partial charge in [0.25, 0.3) is 0 Å². The first-order chi connectivity index (χ1) is 14.7. The fourth-order valence-corrected chi connectivity index (χ4v) is 3.37. The molecule has 1 saturated heterocycles. The third-order valence-electron chi connectivity index (χ3n) is 5.03. The average Bonchev–Trinajstić information content (AvgIpc) is 3.22. The van der Waals surface area contributed by atoms with Crippen molar-refractivity contribution < 1.29 is 19.1 Å². The summed E-state index contributed by atoms with van der Waals surface area (Å²) in [7, 11) is 1.72. The Kier molecular flexibility index (Phi) is 7.05. The van der Waals surface area contributed by atoms with E-state index in [4.69, 9.17) is 9.47 Å². The van der Waals surface area contributed by atoms with E-state index in [1.54, 1.807) is 16.8 Å². The normalized spacial score (nSPS) is 16.0. The van der Waals surface area contributed by atoms with Crippen LogP contribution in [0.1, 0.15) is 27.2 Å². The quantitative estimate of drug-likeness (QED) is 0.745. The van der Waals surface area contributed by atoms with Crippen molar-refractivity contribution in [1.29, 1.82) is 0 Å². The molecule has 0 aromatic heterocycles. The first kappa shape index (κ1) is 22.5. The molecule has 2 aromatic carbocycles. The molecule has 0 bridgehead atoms. The Labute approximate surface area is 183 Å². The summed E-state index contributed by atoms with van der Waals surface area (Å²) in [5, 5.41) is 3.19. The number of hydrogen-bond donors (Lipinski definition) is 1. The Bertz CT molecular complexity index is 895. The zero-order valence-electron chi connectivity index (χ0n) is 18.6. The maximum absolute atomic E-state index is 12.7. The van der Waals surface area contributed by atoms with Crippen LogP contribution >= 0.6 is 0 Å². The van der Waals surface area contributed by atoms with Crippen LogP contribution in [-0.2, 0) is 9.53 Å². The number of benzene rings is 2. The van der Waals surface area contributed by atoms with Crippen LogP contribution in [0.5, 0.6) is 11.5 Å². The molecule has 2 amide bonds. The molecule has 1 aliphatic rings. The van der Waals surface area contributed by atoms with Crippen molar-refractivity contribution in [3.8, 4) is 11.5 Å². The number of anilines is 1. The minimum absolute atomic E-state index is 0.0189. The lowest BCUT2D eigenvalue weighted by Crippen LogP contribution is -2.43. The average molecular weight is 426 g/mol. The molecule has 1 heterocycles. The Morgan fingerprint density at radius 1 is 1.10 bits per heavy atom. The molecule has 1 unspecified atom stereocenters. The number of carbonyl (C=O) groups is 2. The van der Waals surface area contributed by atoms with Gasteiger partial charge in [-0.15, -0.1) is 0 Å². The van der Waals surface area contributed by atoms with Crippen molar-refractivity contribution in [2.45, 2.75) is 38.8 Å². The van der Waals surface area contributed by atoms with Gasteiger partial charge in [-0.2, -0.15) is 0 Å². The first-order valence-corrected chi connectivity index (χ1v) is 10.5. The topological polar surface area (TPSA) is 71.1 Å². The largest absolute Gasteiger partial charge is 0.455 e. The lowest BCUT2D eigenvalue weighted by atomic mass is 10.2. The lowest BCUT2D eigenvalue weighted by Gasteiger charge is -2.28. The number of likely N-dealkylation sites (tertiary alicyclic amines) is 1. The Morgan fingerprint density at radius 3 is 2.48 bits per heavy atom. The molecule has 7 heteroatoms. The summed E-state index contributed by atoms with van der Waals surface area (Å²) in [6.45, 7) is 6.79. The maximum Gasteiger partial charge on any atom is 0.410 e. The number of amides is 2. The number of hydrogen-bond acceptors (Lipinski definition) is 5. The Morgan fingerprint density at radius 2 is 1.77 bits per heavy atom. The van der Waals surface area contributed by atoms with Gasteiger partial charge in [0, 0.05) is 20.1 Å². The molecular weight excluding hydrogens is 394 g/mol. The molecular formula is C24H31N3O4. The maximum atomic E-state index is 12.7. The number of ether oxygens (including phenoxy) is 2. The standard InChI is InChI=1S/C24H31N3O4/c1-24(2,3)31-23(29)26(4)18-14-15-27(17-18)22(28)16-25-20-12-8-9-13-21(20)30-19-10-6-5-7-11-19/h5-13,18,25H,14-17H2,1-4H3. The van der Waals surface area contributed by atoms with Crippen molar-refractivity contribution in [3.63, 3.8) is 0 Å². The number of para-hydroxylation sites is 3. The van der Waals surface area contributed by atoms with E-state index in [2.05, 4.69) is 5.32 Å². The fourth-order valence-electron chi connectivity index (χ4n) is 3.37. The Hall–Kier alpha value is -3.22. The second-order valence-corrected chi connectivity index (χ2v) is 8.64. The van der Waals surface area contributed by atoms with E-state index >= 15 is 0 Å². The van der Waals surface area contributed by atoms with Crippen LogP contribution in [0.15, 0.2) is 54.6 Å². The number of nitrogens with zero attached hydrogens (tertiary/aromatic N) is 2. The van der Waals surface area contributed by atoms with Crippen LogP contribution < -0.4 is 10.1 Å². The van der Waals surface area contributed by atoms with Gasteiger partial charge < -0.3 is 24.6 Å². The molecule has 1 fully saturated rings. The molecule has 0 saturated carbocycles. The molecule has 1 N–H and O–H groups in total. The third kappa shape index (κ3) is 6.38. The van der Waals surface area contributed by atoms with E-state index < -0.39 is 5.60 Å². The summed E-state index contributed by atoms with van der Waals surface area (Å²) in [4.78, 5) is 28.4. The van der Waals surface area contributed by atoms with Crippen LogP contribution in [0.2, 0.25) is 0 Å². The van der Waals surface area contributed by atoms with Crippen LogP contribution in [0.3, 0.4) is 0 Å². The highest BCUT2D eigenvalue weighted by Crippen LogP contribution is 2.29. The Balaban J connectivity index is 1.53. The van der Waals surface area contributed by atoms with Gasteiger partial charge in [0.2, 0.25) is 5.91 Å². The van der Waals surface area contributed by atoms with Crippen LogP contribution in [0.25, 0.3) is 0 Å². The first-order valence-electron chi connectivity index (χ1n) is 10.5. The molecule has 3 rings (SSSR count). The summed E-state index contributed by atoms with van der Waals surface area (Å²) < 4.78 is 11.4. The third-order valence-corrected chi connectivity index (χ3v) is 5.03. The molecule has 0 radical (unpaired) electrons. The van der Waals surface area contributed by atoms with Crippen molar-refractivity contribution in [2.24, 2.45) is 0 Å². The number of rotatable bonds is 6. The van der Waals surface area contributed by atoms with Gasteiger partial charge in [0.05, 0.1) is 18.3 Å². The van der Waals surface area contributed by atoms with Crippen LogP contribution in [0, 0.1) is 0 Å². The molecule has 166 valence electrons. The van der Waals surface area contributed by atoms with E-state index in [1.807, 2.05) is 75.4 Å². The SMILES string of the molecule is CN(C(=O)OC(C)(C)C)C1CCN(C(=O)CNc2ccccc2Oc2ccccc2)C1. The highest BCUT2D eigenvalue weighted by molar-refractivity contribution is 5.82. The molecule has 0 spiro atoms. The zero-order chi connectivity index (χ0) is 22.4. The minimum Gasteiger partial charge on any atom is -0.455 e. The smallest absolute Gasteiger partial charge is 0.410 e. The van der Waals surface area contributed by atoms with Crippen molar-refractivity contribution in [2.75, 3.05) is 32.0 Å². The second kappa shape index (κ2) is 9.73. The van der Waals surface area contributed by atoms with Gasteiger partial charge in [-0.25, -0.2) is 4.79 Å². The van der Waals surface area contributed by atoms with Gasteiger partial charge in [-0.1, -0.05) is 30.3 Å². The van der Waals surface area contributed by atoms with Crippen LogP contribution in [0.4, 0.5) is 10.5 Å². The molecule has 1 aliphatic heterocycles. The highest BCUT2D eigenvalue weighted by Gasteiger charge is 2.32. The highest BCUT2D eigenvalue weighted by atomic mass is 16.6. The van der Waals surface area contributed by atoms with Gasteiger partial charge in [-0.05, 0) is 51.5 Å². The minimum atomic E-state index is -0.543. The summed E-state index contributed by atoms with van der Waals surface area (Å²) in [6, 6.07) is 17.0. The van der Waals surface area contributed by atoms with Gasteiger partial charge in [-0.3, -0.25) is 4.79 Å².